The second-order valence-corrected chi connectivity index (χ2v) is 3.18. The largest absolute Gasteiger partial charge is 0.397 e. The van der Waals surface area contributed by atoms with Crippen molar-refractivity contribution in [1.82, 2.24) is 0 Å². The molecule has 0 amide bonds. The molecule has 0 spiro atoms. The Kier molecular flexibility index (Phi) is 6.91. The van der Waals surface area contributed by atoms with Crippen LogP contribution in [0.2, 0.25) is 0 Å². The maximum atomic E-state index is 7.57. The van der Waals surface area contributed by atoms with Gasteiger partial charge in [0.25, 0.3) is 0 Å². The summed E-state index contributed by atoms with van der Waals surface area (Å²) in [6.45, 7) is 4.00. The lowest BCUT2D eigenvalue weighted by atomic mass is 10.2. The van der Waals surface area contributed by atoms with E-state index >= 15 is 0 Å². The predicted octanol–water partition coefficient (Wildman–Crippen LogP) is 2.68. The minimum Gasteiger partial charge on any atom is -0.397 e. The number of thiol groups is 1. The van der Waals surface area contributed by atoms with E-state index < -0.39 is 0 Å². The standard InChI is InChI=1S/C8H10S.C2H6O/c1-7(9)8-5-3-2-4-6-8;1-2-3/h2-7,9H,1H3;3H,2H2,1H3. The molecule has 2 heteroatoms. The third-order valence-corrected chi connectivity index (χ3v) is 1.58. The van der Waals surface area contributed by atoms with Crippen molar-refractivity contribution in [2.75, 3.05) is 6.61 Å². The summed E-state index contributed by atoms with van der Waals surface area (Å²) in [5, 5.41) is 7.92. The van der Waals surface area contributed by atoms with Gasteiger partial charge < -0.3 is 5.11 Å². The first kappa shape index (κ1) is 11.5. The molecule has 68 valence electrons. The zero-order valence-corrected chi connectivity index (χ0v) is 8.46. The van der Waals surface area contributed by atoms with Crippen LogP contribution in [0.15, 0.2) is 30.3 Å². The van der Waals surface area contributed by atoms with Crippen LogP contribution in [0.5, 0.6) is 0 Å². The predicted molar refractivity (Wildman–Crippen MR) is 56.6 cm³/mol. The molecule has 1 unspecified atom stereocenters. The molecule has 1 atom stereocenters. The molecular formula is C10H16OS. The zero-order valence-electron chi connectivity index (χ0n) is 7.57. The van der Waals surface area contributed by atoms with Gasteiger partial charge in [0.1, 0.15) is 0 Å². The highest BCUT2D eigenvalue weighted by atomic mass is 32.1. The molecule has 12 heavy (non-hydrogen) atoms. The molecule has 0 bridgehead atoms. The summed E-state index contributed by atoms with van der Waals surface area (Å²) in [7, 11) is 0. The first-order chi connectivity index (χ1) is 5.72. The van der Waals surface area contributed by atoms with E-state index in [0.29, 0.717) is 5.25 Å². The first-order valence-corrected chi connectivity index (χ1v) is 4.57. The highest BCUT2D eigenvalue weighted by molar-refractivity contribution is 7.80. The number of hydrogen-bond acceptors (Lipinski definition) is 2. The molecule has 1 nitrogen and oxygen atoms in total. The normalized spacial score (nSPS) is 11.3. The van der Waals surface area contributed by atoms with Crippen LogP contribution in [-0.2, 0) is 0 Å². The molecule has 0 aliphatic heterocycles. The van der Waals surface area contributed by atoms with Crippen LogP contribution in [0, 0.1) is 0 Å². The summed E-state index contributed by atoms with van der Waals surface area (Å²) in [5.74, 6) is 0. The monoisotopic (exact) mass is 184 g/mol. The van der Waals surface area contributed by atoms with E-state index in [1.165, 1.54) is 5.56 Å². The van der Waals surface area contributed by atoms with Gasteiger partial charge in [-0.25, -0.2) is 0 Å². The summed E-state index contributed by atoms with van der Waals surface area (Å²) < 4.78 is 0. The molecule has 0 fully saturated rings. The lowest BCUT2D eigenvalue weighted by Gasteiger charge is -2.00. The molecule has 0 aromatic heterocycles. The van der Waals surface area contributed by atoms with Crippen molar-refractivity contribution in [3.8, 4) is 0 Å². The van der Waals surface area contributed by atoms with Gasteiger partial charge in [-0.2, -0.15) is 12.6 Å². The Labute approximate surface area is 79.8 Å². The average molecular weight is 184 g/mol. The van der Waals surface area contributed by atoms with Crippen LogP contribution < -0.4 is 0 Å². The molecule has 0 aliphatic rings. The van der Waals surface area contributed by atoms with Crippen LogP contribution in [0.1, 0.15) is 24.7 Å². The Morgan fingerprint density at radius 1 is 1.33 bits per heavy atom. The van der Waals surface area contributed by atoms with E-state index in [4.69, 9.17) is 5.11 Å². The second-order valence-electron chi connectivity index (χ2n) is 2.40. The number of rotatable bonds is 1. The first-order valence-electron chi connectivity index (χ1n) is 4.06. The molecule has 0 aliphatic carbocycles. The van der Waals surface area contributed by atoms with Crippen molar-refractivity contribution in [3.05, 3.63) is 35.9 Å². The Hall–Kier alpha value is -0.470. The molecule has 0 saturated heterocycles. The minimum atomic E-state index is 0.250. The maximum absolute atomic E-state index is 7.57. The minimum absolute atomic E-state index is 0.250. The third-order valence-electron chi connectivity index (χ3n) is 1.28. The molecule has 0 radical (unpaired) electrons. The van der Waals surface area contributed by atoms with Crippen LogP contribution in [0.25, 0.3) is 0 Å². The lowest BCUT2D eigenvalue weighted by Crippen LogP contribution is -1.80. The number of benzene rings is 1. The fraction of sp³-hybridized carbons (Fsp3) is 0.400. The van der Waals surface area contributed by atoms with Crippen LogP contribution >= 0.6 is 12.6 Å². The van der Waals surface area contributed by atoms with Gasteiger partial charge in [-0.05, 0) is 19.4 Å². The Morgan fingerprint density at radius 2 is 1.75 bits per heavy atom. The van der Waals surface area contributed by atoms with E-state index in [0.717, 1.165) is 0 Å². The van der Waals surface area contributed by atoms with E-state index in [1.54, 1.807) is 6.92 Å². The highest BCUT2D eigenvalue weighted by Crippen LogP contribution is 2.16. The van der Waals surface area contributed by atoms with Gasteiger partial charge >= 0.3 is 0 Å². The highest BCUT2D eigenvalue weighted by Gasteiger charge is 1.94. The molecule has 1 aromatic carbocycles. The van der Waals surface area contributed by atoms with Crippen molar-refractivity contribution < 1.29 is 5.11 Å². The summed E-state index contributed by atoms with van der Waals surface area (Å²) >= 11 is 4.29. The van der Waals surface area contributed by atoms with E-state index in [-0.39, 0.29) is 6.61 Å². The maximum Gasteiger partial charge on any atom is 0.0402 e. The van der Waals surface area contributed by atoms with Crippen LogP contribution in [0.3, 0.4) is 0 Å². The number of aliphatic hydroxyl groups is 1. The van der Waals surface area contributed by atoms with E-state index in [1.807, 2.05) is 18.2 Å². The van der Waals surface area contributed by atoms with Crippen LogP contribution in [-0.4, -0.2) is 11.7 Å². The molecule has 0 heterocycles. The summed E-state index contributed by atoms with van der Waals surface area (Å²) in [6.07, 6.45) is 0. The molecular weight excluding hydrogens is 168 g/mol. The van der Waals surface area contributed by atoms with Crippen molar-refractivity contribution in [3.63, 3.8) is 0 Å². The fourth-order valence-corrected chi connectivity index (χ4v) is 0.904. The van der Waals surface area contributed by atoms with Gasteiger partial charge in [0.15, 0.2) is 0 Å². The molecule has 0 saturated carbocycles. The fourth-order valence-electron chi connectivity index (χ4n) is 0.732. The average Bonchev–Trinajstić information content (AvgIpc) is 2.07. The zero-order chi connectivity index (χ0) is 9.40. The quantitative estimate of drug-likeness (QED) is 0.643. The van der Waals surface area contributed by atoms with Crippen molar-refractivity contribution >= 4 is 12.6 Å². The molecule has 1 N–H and O–H groups in total. The number of aliphatic hydroxyl groups excluding tert-OH is 1. The lowest BCUT2D eigenvalue weighted by molar-refractivity contribution is 0.318. The van der Waals surface area contributed by atoms with Crippen molar-refractivity contribution in [2.24, 2.45) is 0 Å². The molecule has 1 rings (SSSR count). The summed E-state index contributed by atoms with van der Waals surface area (Å²) in [6, 6.07) is 10.2. The van der Waals surface area contributed by atoms with Crippen molar-refractivity contribution in [1.29, 1.82) is 0 Å². The van der Waals surface area contributed by atoms with Gasteiger partial charge in [-0.3, -0.25) is 0 Å². The van der Waals surface area contributed by atoms with Gasteiger partial charge in [-0.15, -0.1) is 0 Å². The van der Waals surface area contributed by atoms with Gasteiger partial charge in [0, 0.05) is 11.9 Å². The summed E-state index contributed by atoms with van der Waals surface area (Å²) in [5.41, 5.74) is 1.28. The van der Waals surface area contributed by atoms with Gasteiger partial charge in [0.2, 0.25) is 0 Å². The van der Waals surface area contributed by atoms with Gasteiger partial charge in [0.05, 0.1) is 0 Å². The van der Waals surface area contributed by atoms with E-state index in [2.05, 4.69) is 31.7 Å². The van der Waals surface area contributed by atoms with Crippen LogP contribution in [0.4, 0.5) is 0 Å². The smallest absolute Gasteiger partial charge is 0.0402 e. The second kappa shape index (κ2) is 7.19. The Bertz CT molecular complexity index is 184. The van der Waals surface area contributed by atoms with E-state index in [9.17, 15) is 0 Å². The molecule has 1 aromatic rings. The SMILES string of the molecule is CC(S)c1ccccc1.CCO. The third kappa shape index (κ3) is 5.22. The summed E-state index contributed by atoms with van der Waals surface area (Å²) in [4.78, 5) is 0. The Balaban J connectivity index is 0.000000354. The number of hydrogen-bond donors (Lipinski definition) is 2. The van der Waals surface area contributed by atoms with Crippen molar-refractivity contribution in [2.45, 2.75) is 19.1 Å². The van der Waals surface area contributed by atoms with Gasteiger partial charge in [-0.1, -0.05) is 30.3 Å². The topological polar surface area (TPSA) is 20.2 Å². The Morgan fingerprint density at radius 3 is 2.00 bits per heavy atom.